The highest BCUT2D eigenvalue weighted by molar-refractivity contribution is 5.97. The molecule has 0 spiro atoms. The summed E-state index contributed by atoms with van der Waals surface area (Å²) in [5.41, 5.74) is 3.88. The molecule has 0 unspecified atom stereocenters. The molecule has 4 aromatic rings. The van der Waals surface area contributed by atoms with E-state index in [0.29, 0.717) is 15.9 Å². The number of unbranched alkanes of at least 4 members (excludes halogenated alkanes) is 5. The largest absolute Gasteiger partial charge is 0.691 e. The summed E-state index contributed by atoms with van der Waals surface area (Å²) < 4.78 is 12.1. The van der Waals surface area contributed by atoms with Gasteiger partial charge < -0.3 is 14.7 Å². The lowest BCUT2D eigenvalue weighted by Crippen LogP contribution is -2.30. The molecule has 0 amide bonds. The van der Waals surface area contributed by atoms with Gasteiger partial charge in [0.2, 0.25) is 11.0 Å². The van der Waals surface area contributed by atoms with E-state index in [0.717, 1.165) is 53.2 Å². The second kappa shape index (κ2) is 13.4. The highest BCUT2D eigenvalue weighted by Gasteiger charge is 2.18. The Bertz CT molecular complexity index is 1310. The summed E-state index contributed by atoms with van der Waals surface area (Å²) in [5.74, 6) is 0.500. The normalized spacial score (nSPS) is 11.4. The molecule has 1 aromatic heterocycles. The van der Waals surface area contributed by atoms with Crippen molar-refractivity contribution < 1.29 is 19.1 Å². The Morgan fingerprint density at radius 3 is 2.19 bits per heavy atom. The summed E-state index contributed by atoms with van der Waals surface area (Å²) in [6.07, 6.45) is 10.3. The number of hydrogen-bond acceptors (Lipinski definition) is 5. The Morgan fingerprint density at radius 1 is 0.865 bits per heavy atom. The summed E-state index contributed by atoms with van der Waals surface area (Å²) in [4.78, 5) is 13.0. The maximum absolute atomic E-state index is 12.6. The van der Waals surface area contributed by atoms with Gasteiger partial charge in [0.15, 0.2) is 0 Å². The minimum absolute atomic E-state index is 0.356. The zero-order valence-electron chi connectivity index (χ0n) is 21.2. The van der Waals surface area contributed by atoms with Gasteiger partial charge in [-0.1, -0.05) is 78.9 Å². The van der Waals surface area contributed by atoms with Crippen LogP contribution in [0.3, 0.4) is 0 Å². The third kappa shape index (κ3) is 7.27. The van der Waals surface area contributed by atoms with Crippen LogP contribution in [-0.4, -0.2) is 36.1 Å². The van der Waals surface area contributed by atoms with E-state index in [-0.39, 0.29) is 5.91 Å². The minimum atomic E-state index is -0.382. The van der Waals surface area contributed by atoms with Crippen molar-refractivity contribution in [1.29, 1.82) is 0 Å². The van der Waals surface area contributed by atoms with Crippen molar-refractivity contribution in [1.82, 2.24) is 9.90 Å². The van der Waals surface area contributed by atoms with Crippen molar-refractivity contribution in [2.75, 3.05) is 20.3 Å². The number of carbonyl (C=O) groups is 1. The number of para-hydroxylation sites is 2. The number of rotatable bonds is 13. The van der Waals surface area contributed by atoms with E-state index < -0.39 is 0 Å². The summed E-state index contributed by atoms with van der Waals surface area (Å²) in [6, 6.07) is 22.9. The first-order valence-corrected chi connectivity index (χ1v) is 12.8. The fourth-order valence-electron chi connectivity index (χ4n) is 4.16. The molecule has 0 aliphatic rings. The molecule has 3 aromatic carbocycles. The maximum Gasteiger partial charge on any atom is 0.359 e. The highest BCUT2D eigenvalue weighted by Crippen LogP contribution is 2.23. The summed E-state index contributed by atoms with van der Waals surface area (Å²) in [5, 5.41) is 15.7. The van der Waals surface area contributed by atoms with Crippen LogP contribution >= 0.6 is 0 Å². The zero-order valence-corrected chi connectivity index (χ0v) is 21.2. The van der Waals surface area contributed by atoms with Crippen LogP contribution in [0.15, 0.2) is 78.9 Å². The van der Waals surface area contributed by atoms with Crippen molar-refractivity contribution in [3.8, 4) is 16.9 Å². The van der Waals surface area contributed by atoms with E-state index in [2.05, 4.69) is 17.3 Å². The third-order valence-corrected chi connectivity index (χ3v) is 6.22. The number of benzene rings is 3. The van der Waals surface area contributed by atoms with Crippen LogP contribution in [0.4, 0.5) is 0 Å². The number of aromatic nitrogens is 3. The van der Waals surface area contributed by atoms with Gasteiger partial charge >= 0.3 is 5.91 Å². The Balaban J connectivity index is 1.25. The lowest BCUT2D eigenvalue weighted by molar-refractivity contribution is -0.645. The van der Waals surface area contributed by atoms with Crippen molar-refractivity contribution in [3.63, 3.8) is 0 Å². The Labute approximate surface area is 217 Å². The lowest BCUT2D eigenvalue weighted by Gasteiger charge is -2.08. The van der Waals surface area contributed by atoms with Crippen LogP contribution in [0.25, 0.3) is 28.2 Å². The van der Waals surface area contributed by atoms with E-state index in [4.69, 9.17) is 9.47 Å². The predicted octanol–water partition coefficient (Wildman–Crippen LogP) is 6.06. The van der Waals surface area contributed by atoms with E-state index in [9.17, 15) is 10.0 Å². The van der Waals surface area contributed by atoms with Crippen LogP contribution in [0.5, 0.6) is 5.75 Å². The Morgan fingerprint density at radius 2 is 1.49 bits per heavy atom. The van der Waals surface area contributed by atoms with Gasteiger partial charge in [0.25, 0.3) is 0 Å². The van der Waals surface area contributed by atoms with E-state index in [1.165, 1.54) is 31.8 Å². The number of methoxy groups -OCH3 is 1. The van der Waals surface area contributed by atoms with Gasteiger partial charge in [-0.3, -0.25) is 0 Å². The van der Waals surface area contributed by atoms with Gasteiger partial charge in [-0.25, -0.2) is 4.79 Å². The first-order chi connectivity index (χ1) is 18.2. The monoisotopic (exact) mass is 499 g/mol. The summed E-state index contributed by atoms with van der Waals surface area (Å²) in [7, 11) is 1.75. The zero-order chi connectivity index (χ0) is 25.9. The summed E-state index contributed by atoms with van der Waals surface area (Å²) in [6.45, 7) is 1.59. The molecule has 37 heavy (non-hydrogen) atoms. The van der Waals surface area contributed by atoms with Crippen LogP contribution in [0.2, 0.25) is 0 Å². The van der Waals surface area contributed by atoms with E-state index >= 15 is 0 Å². The molecular weight excluding hydrogens is 466 g/mol. The number of carbonyl (C=O) groups excluding carboxylic acids is 1. The van der Waals surface area contributed by atoms with Crippen molar-refractivity contribution in [2.45, 2.75) is 38.5 Å². The molecule has 7 heteroatoms. The molecule has 0 fully saturated rings. The Kier molecular flexibility index (Phi) is 9.43. The second-order valence-electron chi connectivity index (χ2n) is 8.94. The molecule has 0 aliphatic carbocycles. The molecular formula is C30H33N3O4. The SMILES string of the molecule is COCCCCCCCCOc1ccc(-c2ccc(C=CC(=O)n3n[n+]([O-])c4ccccc43)cc2)cc1. The Hall–Kier alpha value is -3.97. The van der Waals surface area contributed by atoms with Gasteiger partial charge in [-0.15, -0.1) is 4.85 Å². The van der Waals surface area contributed by atoms with Gasteiger partial charge in [-0.05, 0) is 59.9 Å². The molecule has 0 aliphatic heterocycles. The molecule has 0 bridgehead atoms. The van der Waals surface area contributed by atoms with Gasteiger partial charge in [-0.2, -0.15) is 0 Å². The first-order valence-electron chi connectivity index (χ1n) is 12.8. The average Bonchev–Trinajstić information content (AvgIpc) is 3.28. The minimum Gasteiger partial charge on any atom is -0.691 e. The number of hydrogen-bond donors (Lipinski definition) is 0. The molecule has 7 nitrogen and oxygen atoms in total. The fraction of sp³-hybridized carbons (Fsp3) is 0.300. The van der Waals surface area contributed by atoms with E-state index in [1.54, 1.807) is 37.5 Å². The van der Waals surface area contributed by atoms with E-state index in [1.807, 2.05) is 36.4 Å². The number of allylic oxidation sites excluding steroid dienone is 1. The average molecular weight is 500 g/mol. The van der Waals surface area contributed by atoms with Crippen molar-refractivity contribution in [2.24, 2.45) is 0 Å². The molecule has 0 atom stereocenters. The smallest absolute Gasteiger partial charge is 0.359 e. The number of nitrogens with zero attached hydrogens (tertiary/aromatic N) is 3. The lowest BCUT2D eigenvalue weighted by atomic mass is 10.0. The molecule has 0 saturated carbocycles. The molecule has 1 heterocycles. The number of fused-ring (bicyclic) bond motifs is 1. The second-order valence-corrected chi connectivity index (χ2v) is 8.94. The quantitative estimate of drug-likeness (QED) is 0.0967. The molecule has 0 saturated heterocycles. The highest BCUT2D eigenvalue weighted by atomic mass is 16.5. The van der Waals surface area contributed by atoms with Crippen LogP contribution < -0.4 is 9.58 Å². The predicted molar refractivity (Wildman–Crippen MR) is 145 cm³/mol. The molecule has 4 rings (SSSR count). The third-order valence-electron chi connectivity index (χ3n) is 6.22. The first kappa shape index (κ1) is 26.1. The topological polar surface area (TPSA) is 80.3 Å². The van der Waals surface area contributed by atoms with Crippen LogP contribution in [0, 0.1) is 5.21 Å². The van der Waals surface area contributed by atoms with Crippen molar-refractivity contribution >= 4 is 23.0 Å². The molecule has 192 valence electrons. The van der Waals surface area contributed by atoms with Crippen LogP contribution in [0.1, 0.15) is 48.9 Å². The maximum atomic E-state index is 12.6. The fourth-order valence-corrected chi connectivity index (χ4v) is 4.16. The molecule has 0 radical (unpaired) electrons. The molecule has 0 N–H and O–H groups in total. The standard InChI is InChI=1S/C30H33N3O4/c1-36-22-8-4-2-3-5-9-23-37-27-19-17-26(18-20-27)25-15-12-24(13-16-25)14-21-30(34)32-28-10-6-7-11-29(28)33(35)31-32/h6-7,10-21H,2-5,8-9,22-23H2,1H3. The van der Waals surface area contributed by atoms with Crippen molar-refractivity contribution in [3.05, 3.63) is 89.6 Å². The summed E-state index contributed by atoms with van der Waals surface area (Å²) >= 11 is 0. The number of ether oxygens (including phenoxy) is 2. The van der Waals surface area contributed by atoms with Crippen LogP contribution in [-0.2, 0) is 4.74 Å². The van der Waals surface area contributed by atoms with Gasteiger partial charge in [0, 0.05) is 19.8 Å². The van der Waals surface area contributed by atoms with Gasteiger partial charge in [0.1, 0.15) is 11.0 Å². The van der Waals surface area contributed by atoms with Gasteiger partial charge in [0.05, 0.1) is 6.61 Å².